The monoisotopic (exact) mass is 297 g/mol. The molecule has 104 valence electrons. The Morgan fingerprint density at radius 2 is 2.17 bits per heavy atom. The molecular weight excluding hydrogens is 282 g/mol. The maximum atomic E-state index is 12.0. The van der Waals surface area contributed by atoms with E-state index in [1.807, 2.05) is 0 Å². The lowest BCUT2D eigenvalue weighted by atomic mass is 10.2. The number of sulfonamides is 1. The van der Waals surface area contributed by atoms with Crippen molar-refractivity contribution < 1.29 is 27.9 Å². The maximum Gasteiger partial charge on any atom is 0.322 e. The second-order valence-electron chi connectivity index (χ2n) is 3.77. The Kier molecular flexibility index (Phi) is 5.42. The molecule has 0 radical (unpaired) electrons. The molecule has 1 heterocycles. The van der Waals surface area contributed by atoms with Gasteiger partial charge in [0, 0.05) is 24.1 Å². The zero-order chi connectivity index (χ0) is 13.8. The Morgan fingerprint density at radius 1 is 1.50 bits per heavy atom. The van der Waals surface area contributed by atoms with Crippen molar-refractivity contribution in [1.82, 2.24) is 4.31 Å². The second-order valence-corrected chi connectivity index (χ2v) is 6.84. The zero-order valence-electron chi connectivity index (χ0n) is 9.87. The van der Waals surface area contributed by atoms with Gasteiger partial charge in [-0.1, -0.05) is 0 Å². The molecule has 1 N–H and O–H groups in total. The molecule has 18 heavy (non-hydrogen) atoms. The Hall–Kier alpha value is -0.800. The molecule has 1 aliphatic rings. The van der Waals surface area contributed by atoms with Crippen molar-refractivity contribution in [2.24, 2.45) is 0 Å². The highest BCUT2D eigenvalue weighted by atomic mass is 32.2. The van der Waals surface area contributed by atoms with Gasteiger partial charge < -0.3 is 9.84 Å². The molecule has 1 aliphatic heterocycles. The molecule has 0 saturated carbocycles. The van der Waals surface area contributed by atoms with Crippen molar-refractivity contribution in [1.29, 1.82) is 0 Å². The second kappa shape index (κ2) is 6.39. The molecule has 0 amide bonds. The van der Waals surface area contributed by atoms with Gasteiger partial charge in [0.2, 0.25) is 10.0 Å². The lowest BCUT2D eigenvalue weighted by Gasteiger charge is -2.33. The maximum absolute atomic E-state index is 12.0. The number of rotatable bonds is 5. The van der Waals surface area contributed by atoms with E-state index < -0.39 is 33.8 Å². The van der Waals surface area contributed by atoms with Crippen molar-refractivity contribution >= 4 is 33.7 Å². The fraction of sp³-hybridized carbons (Fsp3) is 0.778. The highest BCUT2D eigenvalue weighted by Gasteiger charge is 2.35. The fourth-order valence-corrected chi connectivity index (χ4v) is 4.49. The summed E-state index contributed by atoms with van der Waals surface area (Å²) in [6, 6.07) is -0.601. The van der Waals surface area contributed by atoms with Gasteiger partial charge in [-0.05, 0) is 0 Å². The molecule has 1 saturated heterocycles. The Bertz CT molecular complexity index is 421. The standard InChI is InChI=1S/C9H15NO6S2/c1-16-9(13)6-18(14,15)10-2-3-17-5-7(10)4-8(11)12/h7H,2-6H2,1H3,(H,11,12). The first-order valence-electron chi connectivity index (χ1n) is 5.22. The van der Waals surface area contributed by atoms with Crippen LogP contribution >= 0.6 is 11.8 Å². The van der Waals surface area contributed by atoms with E-state index in [0.717, 1.165) is 11.4 Å². The van der Waals surface area contributed by atoms with Crippen molar-refractivity contribution in [2.75, 3.05) is 30.9 Å². The number of esters is 1. The van der Waals surface area contributed by atoms with Crippen LogP contribution in [0.25, 0.3) is 0 Å². The first-order chi connectivity index (χ1) is 8.36. The van der Waals surface area contributed by atoms with Crippen LogP contribution in [0.2, 0.25) is 0 Å². The number of methoxy groups -OCH3 is 1. The van der Waals surface area contributed by atoms with E-state index in [-0.39, 0.29) is 13.0 Å². The number of carbonyl (C=O) groups is 2. The number of thioether (sulfide) groups is 1. The highest BCUT2D eigenvalue weighted by Crippen LogP contribution is 2.22. The largest absolute Gasteiger partial charge is 0.481 e. The summed E-state index contributed by atoms with van der Waals surface area (Å²) in [6.45, 7) is 0.224. The molecular formula is C9H15NO6S2. The normalized spacial score (nSPS) is 21.5. The van der Waals surface area contributed by atoms with E-state index in [4.69, 9.17) is 5.11 Å². The van der Waals surface area contributed by atoms with Crippen molar-refractivity contribution in [3.63, 3.8) is 0 Å². The summed E-state index contributed by atoms with van der Waals surface area (Å²) in [5.41, 5.74) is 0. The number of hydrogen-bond donors (Lipinski definition) is 1. The molecule has 1 fully saturated rings. The third-order valence-electron chi connectivity index (χ3n) is 2.47. The number of carbonyl (C=O) groups excluding carboxylic acids is 1. The molecule has 7 nitrogen and oxygen atoms in total. The minimum Gasteiger partial charge on any atom is -0.481 e. The smallest absolute Gasteiger partial charge is 0.322 e. The van der Waals surface area contributed by atoms with Crippen LogP contribution in [-0.2, 0) is 24.3 Å². The molecule has 0 spiro atoms. The molecule has 0 aromatic rings. The fourth-order valence-electron chi connectivity index (χ4n) is 1.66. The summed E-state index contributed by atoms with van der Waals surface area (Å²) in [5.74, 6) is -1.63. The molecule has 9 heteroatoms. The number of aliphatic carboxylic acids is 1. The van der Waals surface area contributed by atoms with Crippen LogP contribution in [-0.4, -0.2) is 66.7 Å². The van der Waals surface area contributed by atoms with Gasteiger partial charge >= 0.3 is 11.9 Å². The summed E-state index contributed by atoms with van der Waals surface area (Å²) in [5, 5.41) is 8.75. The zero-order valence-corrected chi connectivity index (χ0v) is 11.5. The first-order valence-corrected chi connectivity index (χ1v) is 7.99. The molecule has 1 rings (SSSR count). The van der Waals surface area contributed by atoms with Crippen LogP contribution in [0.15, 0.2) is 0 Å². The number of nitrogens with zero attached hydrogens (tertiary/aromatic N) is 1. The third-order valence-corrected chi connectivity index (χ3v) is 5.36. The predicted molar refractivity (Wildman–Crippen MR) is 65.9 cm³/mol. The molecule has 0 aliphatic carbocycles. The first kappa shape index (κ1) is 15.3. The molecule has 1 atom stereocenters. The topological polar surface area (TPSA) is 101 Å². The molecule has 1 unspecified atom stereocenters. The van der Waals surface area contributed by atoms with Crippen LogP contribution in [0.3, 0.4) is 0 Å². The van der Waals surface area contributed by atoms with Crippen LogP contribution < -0.4 is 0 Å². The molecule has 0 bridgehead atoms. The van der Waals surface area contributed by atoms with E-state index in [1.165, 1.54) is 11.8 Å². The van der Waals surface area contributed by atoms with E-state index in [0.29, 0.717) is 11.5 Å². The van der Waals surface area contributed by atoms with Gasteiger partial charge in [0.1, 0.15) is 0 Å². The predicted octanol–water partition coefficient (Wildman–Crippen LogP) is -0.619. The molecule has 0 aromatic carbocycles. The molecule has 0 aromatic heterocycles. The van der Waals surface area contributed by atoms with Gasteiger partial charge in [-0.2, -0.15) is 16.1 Å². The summed E-state index contributed by atoms with van der Waals surface area (Å²) in [6.07, 6.45) is -0.257. The lowest BCUT2D eigenvalue weighted by Crippen LogP contribution is -2.48. The summed E-state index contributed by atoms with van der Waals surface area (Å²) in [4.78, 5) is 21.7. The highest BCUT2D eigenvalue weighted by molar-refractivity contribution is 7.99. The van der Waals surface area contributed by atoms with Crippen LogP contribution in [0.5, 0.6) is 0 Å². The Balaban J connectivity index is 2.82. The average Bonchev–Trinajstić information content (AvgIpc) is 2.28. The van der Waals surface area contributed by atoms with Crippen LogP contribution in [0, 0.1) is 0 Å². The van der Waals surface area contributed by atoms with Crippen molar-refractivity contribution in [3.05, 3.63) is 0 Å². The Morgan fingerprint density at radius 3 is 2.72 bits per heavy atom. The van der Waals surface area contributed by atoms with Gasteiger partial charge in [-0.3, -0.25) is 9.59 Å². The minimum absolute atomic E-state index is 0.224. The van der Waals surface area contributed by atoms with Gasteiger partial charge in [-0.15, -0.1) is 0 Å². The average molecular weight is 297 g/mol. The quantitative estimate of drug-likeness (QED) is 0.675. The number of carboxylic acid groups (broad SMARTS) is 1. The van der Waals surface area contributed by atoms with Crippen LogP contribution in [0.4, 0.5) is 0 Å². The Labute approximate surface area is 110 Å². The third kappa shape index (κ3) is 4.14. The van der Waals surface area contributed by atoms with Crippen LogP contribution in [0.1, 0.15) is 6.42 Å². The van der Waals surface area contributed by atoms with Gasteiger partial charge in [-0.25, -0.2) is 8.42 Å². The van der Waals surface area contributed by atoms with Crippen molar-refractivity contribution in [3.8, 4) is 0 Å². The summed E-state index contributed by atoms with van der Waals surface area (Å²) in [7, 11) is -2.70. The van der Waals surface area contributed by atoms with E-state index >= 15 is 0 Å². The SMILES string of the molecule is COC(=O)CS(=O)(=O)N1CCSCC1CC(=O)O. The van der Waals surface area contributed by atoms with Gasteiger partial charge in [0.05, 0.1) is 13.5 Å². The van der Waals surface area contributed by atoms with Gasteiger partial charge in [0.15, 0.2) is 5.75 Å². The number of hydrogen-bond acceptors (Lipinski definition) is 6. The number of carboxylic acids is 1. The lowest BCUT2D eigenvalue weighted by molar-refractivity contribution is -0.138. The minimum atomic E-state index is -3.81. The summed E-state index contributed by atoms with van der Waals surface area (Å²) < 4.78 is 29.4. The van der Waals surface area contributed by atoms with E-state index in [1.54, 1.807) is 0 Å². The summed E-state index contributed by atoms with van der Waals surface area (Å²) >= 11 is 1.50. The number of ether oxygens (including phenoxy) is 1. The van der Waals surface area contributed by atoms with Gasteiger partial charge in [0.25, 0.3) is 0 Å². The van der Waals surface area contributed by atoms with Crippen molar-refractivity contribution in [2.45, 2.75) is 12.5 Å². The van der Waals surface area contributed by atoms with E-state index in [2.05, 4.69) is 4.74 Å². The van der Waals surface area contributed by atoms with E-state index in [9.17, 15) is 18.0 Å².